The zero-order chi connectivity index (χ0) is 19.6. The number of carbonyl (C=O) groups excluding carboxylic acids is 2. The zero-order valence-corrected chi connectivity index (χ0v) is 16.7. The fourth-order valence-electron chi connectivity index (χ4n) is 3.13. The third kappa shape index (κ3) is 4.16. The van der Waals surface area contributed by atoms with Gasteiger partial charge in [0.1, 0.15) is 5.41 Å². The summed E-state index contributed by atoms with van der Waals surface area (Å²) in [6, 6.07) is 15.3. The number of benzene rings is 2. The maximum absolute atomic E-state index is 13.3. The van der Waals surface area contributed by atoms with Gasteiger partial charge in [-0.2, -0.15) is 0 Å². The van der Waals surface area contributed by atoms with E-state index < -0.39 is 5.41 Å². The van der Waals surface area contributed by atoms with Crippen molar-refractivity contribution in [3.63, 3.8) is 0 Å². The van der Waals surface area contributed by atoms with Crippen LogP contribution >= 0.6 is 11.6 Å². The van der Waals surface area contributed by atoms with Crippen LogP contribution in [0.4, 0.5) is 5.69 Å². The van der Waals surface area contributed by atoms with Crippen LogP contribution in [-0.2, 0) is 16.1 Å². The summed E-state index contributed by atoms with van der Waals surface area (Å²) < 4.78 is 0. The van der Waals surface area contributed by atoms with Crippen molar-refractivity contribution in [2.75, 3.05) is 5.32 Å². The molecule has 0 radical (unpaired) electrons. The van der Waals surface area contributed by atoms with E-state index in [2.05, 4.69) is 5.32 Å². The first-order valence-electron chi connectivity index (χ1n) is 9.26. The summed E-state index contributed by atoms with van der Waals surface area (Å²) in [5.41, 5.74) is 1.66. The van der Waals surface area contributed by atoms with Crippen molar-refractivity contribution in [3.05, 3.63) is 64.7 Å². The third-order valence-electron chi connectivity index (χ3n) is 5.10. The predicted octanol–water partition coefficient (Wildman–Crippen LogP) is 4.80. The molecule has 2 aromatic rings. The minimum Gasteiger partial charge on any atom is -0.335 e. The molecule has 1 fully saturated rings. The molecule has 0 spiro atoms. The standard InChI is InChI=1S/C22H25ClN2O2/c1-15(2)25(14-17-7-5-4-6-8-17)21(27)22(11-12-22)20(26)24-18-10-9-16(3)19(23)13-18/h4-10,13,15H,11-12,14H2,1-3H3,(H,24,26). The molecule has 0 bridgehead atoms. The number of nitrogens with zero attached hydrogens (tertiary/aromatic N) is 1. The molecule has 3 rings (SSSR count). The third-order valence-corrected chi connectivity index (χ3v) is 5.51. The van der Waals surface area contributed by atoms with Gasteiger partial charge in [-0.05, 0) is 56.9 Å². The molecule has 142 valence electrons. The van der Waals surface area contributed by atoms with Gasteiger partial charge in [-0.15, -0.1) is 0 Å². The fourth-order valence-corrected chi connectivity index (χ4v) is 3.31. The van der Waals surface area contributed by atoms with Crippen LogP contribution in [0.3, 0.4) is 0 Å². The Bertz CT molecular complexity index is 845. The molecule has 1 N–H and O–H groups in total. The van der Waals surface area contributed by atoms with Gasteiger partial charge in [0.05, 0.1) is 0 Å². The Kier molecular flexibility index (Phi) is 5.56. The molecule has 0 heterocycles. The summed E-state index contributed by atoms with van der Waals surface area (Å²) in [6.45, 7) is 6.37. The summed E-state index contributed by atoms with van der Waals surface area (Å²) in [4.78, 5) is 28.0. The molecule has 0 aliphatic heterocycles. The smallest absolute Gasteiger partial charge is 0.240 e. The molecular formula is C22H25ClN2O2. The van der Waals surface area contributed by atoms with E-state index >= 15 is 0 Å². The molecule has 2 amide bonds. The van der Waals surface area contributed by atoms with Crippen molar-refractivity contribution in [3.8, 4) is 0 Å². The number of hydrogen-bond donors (Lipinski definition) is 1. The highest BCUT2D eigenvalue weighted by atomic mass is 35.5. The predicted molar refractivity (Wildman–Crippen MR) is 109 cm³/mol. The lowest BCUT2D eigenvalue weighted by Crippen LogP contribution is -2.45. The molecule has 1 saturated carbocycles. The van der Waals surface area contributed by atoms with E-state index in [1.165, 1.54) is 0 Å². The number of carbonyl (C=O) groups is 2. The Hall–Kier alpha value is -2.33. The van der Waals surface area contributed by atoms with Crippen molar-refractivity contribution in [2.24, 2.45) is 5.41 Å². The Labute approximate surface area is 165 Å². The first kappa shape index (κ1) is 19.4. The van der Waals surface area contributed by atoms with Crippen molar-refractivity contribution >= 4 is 29.1 Å². The van der Waals surface area contributed by atoms with Crippen molar-refractivity contribution in [2.45, 2.75) is 46.2 Å². The van der Waals surface area contributed by atoms with Gasteiger partial charge < -0.3 is 10.2 Å². The van der Waals surface area contributed by atoms with Crippen LogP contribution in [0.1, 0.15) is 37.8 Å². The summed E-state index contributed by atoms with van der Waals surface area (Å²) >= 11 is 6.15. The average Bonchev–Trinajstić information content (AvgIpc) is 3.45. The van der Waals surface area contributed by atoms with E-state index in [0.717, 1.165) is 11.1 Å². The summed E-state index contributed by atoms with van der Waals surface area (Å²) in [6.07, 6.45) is 1.16. The number of hydrogen-bond acceptors (Lipinski definition) is 2. The Balaban J connectivity index is 1.76. The second-order valence-corrected chi connectivity index (χ2v) is 7.92. The minimum absolute atomic E-state index is 0.0109. The van der Waals surface area contributed by atoms with Crippen LogP contribution < -0.4 is 5.32 Å². The summed E-state index contributed by atoms with van der Waals surface area (Å²) in [7, 11) is 0. The highest BCUT2D eigenvalue weighted by Crippen LogP contribution is 2.48. The van der Waals surface area contributed by atoms with Crippen molar-refractivity contribution < 1.29 is 9.59 Å². The molecule has 2 aromatic carbocycles. The molecular weight excluding hydrogens is 360 g/mol. The van der Waals surface area contributed by atoms with Gasteiger partial charge in [0.2, 0.25) is 11.8 Å². The Morgan fingerprint density at radius 2 is 1.81 bits per heavy atom. The molecule has 0 saturated heterocycles. The van der Waals surface area contributed by atoms with Crippen LogP contribution in [-0.4, -0.2) is 22.8 Å². The maximum Gasteiger partial charge on any atom is 0.240 e. The van der Waals surface area contributed by atoms with Crippen molar-refractivity contribution in [1.29, 1.82) is 0 Å². The fraction of sp³-hybridized carbons (Fsp3) is 0.364. The SMILES string of the molecule is Cc1ccc(NC(=O)C2(C(=O)N(Cc3ccccc3)C(C)C)CC2)cc1Cl. The molecule has 1 aliphatic carbocycles. The number of halogens is 1. The first-order valence-corrected chi connectivity index (χ1v) is 9.64. The van der Waals surface area contributed by atoms with E-state index in [1.807, 2.05) is 63.2 Å². The van der Waals surface area contributed by atoms with Gasteiger partial charge in [0, 0.05) is 23.3 Å². The van der Waals surface area contributed by atoms with Crippen molar-refractivity contribution in [1.82, 2.24) is 4.90 Å². The van der Waals surface area contributed by atoms with Gasteiger partial charge in [-0.25, -0.2) is 0 Å². The highest BCUT2D eigenvalue weighted by molar-refractivity contribution is 6.31. The van der Waals surface area contributed by atoms with E-state index in [0.29, 0.717) is 30.1 Å². The van der Waals surface area contributed by atoms with Crippen LogP contribution in [0, 0.1) is 12.3 Å². The highest BCUT2D eigenvalue weighted by Gasteiger charge is 2.58. The number of aryl methyl sites for hydroxylation is 1. The Morgan fingerprint density at radius 1 is 1.15 bits per heavy atom. The normalized spacial score (nSPS) is 14.7. The molecule has 0 unspecified atom stereocenters. The van der Waals surface area contributed by atoms with Crippen LogP contribution in [0.25, 0.3) is 0 Å². The van der Waals surface area contributed by atoms with Crippen LogP contribution in [0.5, 0.6) is 0 Å². The molecule has 5 heteroatoms. The number of nitrogens with one attached hydrogen (secondary N) is 1. The summed E-state index contributed by atoms with van der Waals surface area (Å²) in [5, 5.41) is 3.47. The van der Waals surface area contributed by atoms with E-state index in [4.69, 9.17) is 11.6 Å². The molecule has 4 nitrogen and oxygen atoms in total. The van der Waals surface area contributed by atoms with E-state index in [9.17, 15) is 9.59 Å². The topological polar surface area (TPSA) is 49.4 Å². The monoisotopic (exact) mass is 384 g/mol. The zero-order valence-electron chi connectivity index (χ0n) is 16.0. The van der Waals surface area contributed by atoms with Gasteiger partial charge >= 0.3 is 0 Å². The van der Waals surface area contributed by atoms with Crippen LogP contribution in [0.2, 0.25) is 5.02 Å². The quantitative estimate of drug-likeness (QED) is 0.727. The minimum atomic E-state index is -0.962. The van der Waals surface area contributed by atoms with Gasteiger partial charge in [-0.3, -0.25) is 9.59 Å². The molecule has 0 atom stereocenters. The number of rotatable bonds is 6. The molecule has 1 aliphatic rings. The van der Waals surface area contributed by atoms with E-state index in [1.54, 1.807) is 11.0 Å². The van der Waals surface area contributed by atoms with Crippen LogP contribution in [0.15, 0.2) is 48.5 Å². The van der Waals surface area contributed by atoms with E-state index in [-0.39, 0.29) is 17.9 Å². The summed E-state index contributed by atoms with van der Waals surface area (Å²) in [5.74, 6) is -0.344. The molecule has 0 aromatic heterocycles. The van der Waals surface area contributed by atoms with Gasteiger partial charge in [0.25, 0.3) is 0 Å². The second kappa shape index (κ2) is 7.73. The van der Waals surface area contributed by atoms with Gasteiger partial charge in [0.15, 0.2) is 0 Å². The first-order chi connectivity index (χ1) is 12.8. The van der Waals surface area contributed by atoms with Gasteiger partial charge in [-0.1, -0.05) is 48.0 Å². The largest absolute Gasteiger partial charge is 0.335 e. The number of amides is 2. The molecule has 27 heavy (non-hydrogen) atoms. The average molecular weight is 385 g/mol. The second-order valence-electron chi connectivity index (χ2n) is 7.51. The lowest BCUT2D eigenvalue weighted by molar-refractivity contribution is -0.144. The maximum atomic E-state index is 13.3. The lowest BCUT2D eigenvalue weighted by Gasteiger charge is -2.30. The lowest BCUT2D eigenvalue weighted by atomic mass is 10.0. The number of anilines is 1. The Morgan fingerprint density at radius 3 is 2.37 bits per heavy atom.